The van der Waals surface area contributed by atoms with Gasteiger partial charge in [-0.3, -0.25) is 14.3 Å². The van der Waals surface area contributed by atoms with Crippen LogP contribution in [0.3, 0.4) is 0 Å². The number of likely N-dealkylation sites (tertiary alicyclic amines) is 1. The molecule has 2 aromatic rings. The van der Waals surface area contributed by atoms with Crippen LogP contribution in [-0.4, -0.2) is 50.7 Å². The minimum Gasteiger partial charge on any atom is -0.396 e. The summed E-state index contributed by atoms with van der Waals surface area (Å²) >= 11 is 0. The van der Waals surface area contributed by atoms with Crippen LogP contribution in [0.1, 0.15) is 30.8 Å². The Kier molecular flexibility index (Phi) is 4.23. The molecule has 3 rings (SSSR count). The molecular weight excluding hydrogens is 312 g/mol. The van der Waals surface area contributed by atoms with E-state index in [0.717, 1.165) is 6.42 Å². The molecule has 0 saturated carbocycles. The molecule has 8 heteroatoms. The smallest absolute Gasteiger partial charge is 0.396 e. The maximum Gasteiger partial charge on any atom is 0.439 e. The standard InChI is InChI=1S/C16H20N4O4/c1-10(2)16(9-21)6-7-20(8-16)14(22)12-5-3-4-11(17-12)13-18-15(23)24-19-13/h3-5,10,21H,6-9H2,1-2H3,(H,18,19,23). The number of H-pyrrole nitrogens is 1. The van der Waals surface area contributed by atoms with E-state index in [1.165, 1.54) is 0 Å². The summed E-state index contributed by atoms with van der Waals surface area (Å²) in [7, 11) is 0. The van der Waals surface area contributed by atoms with Crippen LogP contribution in [0.2, 0.25) is 0 Å². The van der Waals surface area contributed by atoms with E-state index in [9.17, 15) is 14.7 Å². The van der Waals surface area contributed by atoms with E-state index in [-0.39, 0.29) is 35.4 Å². The molecule has 128 valence electrons. The second kappa shape index (κ2) is 6.20. The Morgan fingerprint density at radius 3 is 2.88 bits per heavy atom. The van der Waals surface area contributed by atoms with Crippen LogP contribution in [0, 0.1) is 11.3 Å². The van der Waals surface area contributed by atoms with Crippen molar-refractivity contribution < 1.29 is 14.4 Å². The molecule has 1 atom stereocenters. The Morgan fingerprint density at radius 2 is 2.29 bits per heavy atom. The number of aliphatic hydroxyl groups excluding tert-OH is 1. The zero-order valence-electron chi connectivity index (χ0n) is 13.7. The number of nitrogens with zero attached hydrogens (tertiary/aromatic N) is 3. The van der Waals surface area contributed by atoms with Gasteiger partial charge < -0.3 is 10.0 Å². The third-order valence-electron chi connectivity index (χ3n) is 4.86. The van der Waals surface area contributed by atoms with Crippen molar-refractivity contribution in [1.82, 2.24) is 20.0 Å². The first-order valence-corrected chi connectivity index (χ1v) is 7.89. The number of hydrogen-bond acceptors (Lipinski definition) is 6. The van der Waals surface area contributed by atoms with Gasteiger partial charge in [0.15, 0.2) is 0 Å². The topological polar surface area (TPSA) is 112 Å². The number of hydrogen-bond donors (Lipinski definition) is 2. The van der Waals surface area contributed by atoms with Crippen LogP contribution in [0.15, 0.2) is 27.5 Å². The third-order valence-corrected chi connectivity index (χ3v) is 4.86. The number of pyridine rings is 1. The molecule has 1 aliphatic rings. The van der Waals surface area contributed by atoms with Crippen molar-refractivity contribution in [2.24, 2.45) is 11.3 Å². The molecule has 3 heterocycles. The van der Waals surface area contributed by atoms with E-state index in [2.05, 4.69) is 33.5 Å². The van der Waals surface area contributed by atoms with Crippen LogP contribution in [0.25, 0.3) is 11.5 Å². The largest absolute Gasteiger partial charge is 0.439 e. The number of amides is 1. The fourth-order valence-corrected chi connectivity index (χ4v) is 3.04. The first kappa shape index (κ1) is 16.4. The SMILES string of the molecule is CC(C)C1(CO)CCN(C(=O)c2cccc(-c3noc(=O)[nH]3)n2)C1. The molecule has 1 unspecified atom stereocenters. The van der Waals surface area contributed by atoms with Crippen molar-refractivity contribution in [3.05, 3.63) is 34.4 Å². The van der Waals surface area contributed by atoms with Gasteiger partial charge in [-0.1, -0.05) is 25.1 Å². The van der Waals surface area contributed by atoms with Crippen molar-refractivity contribution in [3.8, 4) is 11.5 Å². The van der Waals surface area contributed by atoms with Crippen molar-refractivity contribution in [3.63, 3.8) is 0 Å². The molecule has 24 heavy (non-hydrogen) atoms. The second-order valence-electron chi connectivity index (χ2n) is 6.50. The number of carbonyl (C=O) groups is 1. The van der Waals surface area contributed by atoms with Gasteiger partial charge in [0.25, 0.3) is 5.91 Å². The highest BCUT2D eigenvalue weighted by Gasteiger charge is 2.42. The van der Waals surface area contributed by atoms with E-state index in [0.29, 0.717) is 18.8 Å². The third kappa shape index (κ3) is 2.84. The van der Waals surface area contributed by atoms with Gasteiger partial charge in [0, 0.05) is 18.5 Å². The Morgan fingerprint density at radius 1 is 1.50 bits per heavy atom. The second-order valence-corrected chi connectivity index (χ2v) is 6.50. The molecule has 0 aliphatic carbocycles. The summed E-state index contributed by atoms with van der Waals surface area (Å²) in [5.41, 5.74) is 0.377. The molecule has 1 amide bonds. The molecule has 2 N–H and O–H groups in total. The normalized spacial score (nSPS) is 20.8. The van der Waals surface area contributed by atoms with Gasteiger partial charge in [0.2, 0.25) is 5.82 Å². The summed E-state index contributed by atoms with van der Waals surface area (Å²) in [4.78, 5) is 32.2. The monoisotopic (exact) mass is 332 g/mol. The van der Waals surface area contributed by atoms with Crippen molar-refractivity contribution in [1.29, 1.82) is 0 Å². The van der Waals surface area contributed by atoms with E-state index in [4.69, 9.17) is 0 Å². The summed E-state index contributed by atoms with van der Waals surface area (Å²) in [6.45, 7) is 5.27. The van der Waals surface area contributed by atoms with Crippen LogP contribution >= 0.6 is 0 Å². The minimum absolute atomic E-state index is 0.0576. The zero-order valence-corrected chi connectivity index (χ0v) is 13.7. The highest BCUT2D eigenvalue weighted by Crippen LogP contribution is 2.37. The molecule has 1 aliphatic heterocycles. The fourth-order valence-electron chi connectivity index (χ4n) is 3.04. The number of aliphatic hydroxyl groups is 1. The van der Waals surface area contributed by atoms with E-state index in [1.807, 2.05) is 0 Å². The van der Waals surface area contributed by atoms with E-state index >= 15 is 0 Å². The Labute approximate surface area is 138 Å². The molecule has 2 aromatic heterocycles. The lowest BCUT2D eigenvalue weighted by Crippen LogP contribution is -2.37. The van der Waals surface area contributed by atoms with E-state index in [1.54, 1.807) is 23.1 Å². The van der Waals surface area contributed by atoms with Crippen LogP contribution < -0.4 is 5.76 Å². The maximum atomic E-state index is 12.7. The number of carbonyl (C=O) groups excluding carboxylic acids is 1. The van der Waals surface area contributed by atoms with Crippen molar-refractivity contribution in [2.45, 2.75) is 20.3 Å². The number of rotatable bonds is 4. The molecule has 1 fully saturated rings. The molecule has 0 radical (unpaired) electrons. The highest BCUT2D eigenvalue weighted by molar-refractivity contribution is 5.93. The van der Waals surface area contributed by atoms with Gasteiger partial charge in [-0.2, -0.15) is 0 Å². The van der Waals surface area contributed by atoms with Gasteiger partial charge in [-0.15, -0.1) is 0 Å². The first-order valence-electron chi connectivity index (χ1n) is 7.89. The summed E-state index contributed by atoms with van der Waals surface area (Å²) in [5.74, 6) is -0.408. The summed E-state index contributed by atoms with van der Waals surface area (Å²) in [6.07, 6.45) is 0.767. The highest BCUT2D eigenvalue weighted by atomic mass is 16.5. The number of aromatic nitrogens is 3. The Bertz CT molecular complexity index is 797. The van der Waals surface area contributed by atoms with Crippen molar-refractivity contribution >= 4 is 5.91 Å². The lowest BCUT2D eigenvalue weighted by molar-refractivity contribution is 0.0646. The first-order chi connectivity index (χ1) is 11.4. The lowest BCUT2D eigenvalue weighted by atomic mass is 9.77. The molecule has 0 spiro atoms. The Balaban J connectivity index is 1.83. The van der Waals surface area contributed by atoms with Crippen LogP contribution in [-0.2, 0) is 0 Å². The van der Waals surface area contributed by atoms with Crippen LogP contribution in [0.5, 0.6) is 0 Å². The van der Waals surface area contributed by atoms with Gasteiger partial charge in [0.1, 0.15) is 11.4 Å². The average Bonchev–Trinajstić information content (AvgIpc) is 3.21. The molecule has 1 saturated heterocycles. The number of nitrogens with one attached hydrogen (secondary N) is 1. The molecule has 0 aromatic carbocycles. The fraction of sp³-hybridized carbons (Fsp3) is 0.500. The van der Waals surface area contributed by atoms with Crippen LogP contribution in [0.4, 0.5) is 0 Å². The summed E-state index contributed by atoms with van der Waals surface area (Å²) in [6, 6.07) is 4.94. The molecule has 0 bridgehead atoms. The quantitative estimate of drug-likeness (QED) is 0.860. The summed E-state index contributed by atoms with van der Waals surface area (Å²) in [5, 5.41) is 13.3. The van der Waals surface area contributed by atoms with E-state index < -0.39 is 5.76 Å². The number of aromatic amines is 1. The Hall–Kier alpha value is -2.48. The minimum atomic E-state index is -0.673. The zero-order chi connectivity index (χ0) is 17.3. The lowest BCUT2D eigenvalue weighted by Gasteiger charge is -2.31. The van der Waals surface area contributed by atoms with Gasteiger partial charge in [-0.25, -0.2) is 9.78 Å². The van der Waals surface area contributed by atoms with Gasteiger partial charge >= 0.3 is 5.76 Å². The molecule has 8 nitrogen and oxygen atoms in total. The molecular formula is C16H20N4O4. The predicted octanol–water partition coefficient (Wildman–Crippen LogP) is 0.905. The van der Waals surface area contributed by atoms with Gasteiger partial charge in [0.05, 0.1) is 6.61 Å². The maximum absolute atomic E-state index is 12.7. The summed E-state index contributed by atoms with van der Waals surface area (Å²) < 4.78 is 4.46. The average molecular weight is 332 g/mol. The van der Waals surface area contributed by atoms with Gasteiger partial charge in [-0.05, 0) is 24.5 Å². The predicted molar refractivity (Wildman–Crippen MR) is 85.2 cm³/mol. The van der Waals surface area contributed by atoms with Crippen molar-refractivity contribution in [2.75, 3.05) is 19.7 Å².